The largest absolute Gasteiger partial charge is 0.439 e. The van der Waals surface area contributed by atoms with Crippen LogP contribution in [0, 0.1) is 5.82 Å². The van der Waals surface area contributed by atoms with Gasteiger partial charge >= 0.3 is 0 Å². The monoisotopic (exact) mass is 393 g/mol. The molecule has 3 aromatic rings. The smallest absolute Gasteiger partial charge is 0.251 e. The van der Waals surface area contributed by atoms with E-state index in [9.17, 15) is 9.18 Å². The lowest BCUT2D eigenvalue weighted by Crippen LogP contribution is -2.31. The number of nitrogens with zero attached hydrogens (tertiary/aromatic N) is 2. The second-order valence-corrected chi connectivity index (χ2v) is 6.73. The molecule has 4 rings (SSSR count). The fourth-order valence-electron chi connectivity index (χ4n) is 3.14. The van der Waals surface area contributed by atoms with Gasteiger partial charge in [0.25, 0.3) is 5.91 Å². The lowest BCUT2D eigenvalue weighted by Gasteiger charge is -2.11. The van der Waals surface area contributed by atoms with Crippen molar-refractivity contribution in [2.45, 2.75) is 18.9 Å². The Morgan fingerprint density at radius 2 is 2.07 bits per heavy atom. The van der Waals surface area contributed by atoms with E-state index >= 15 is 0 Å². The Kier molecular flexibility index (Phi) is 5.76. The zero-order valence-corrected chi connectivity index (χ0v) is 15.7. The average molecular weight is 393 g/mol. The molecule has 7 heteroatoms. The lowest BCUT2D eigenvalue weighted by atomic mass is 10.1. The fourth-order valence-corrected chi connectivity index (χ4v) is 3.14. The maximum Gasteiger partial charge on any atom is 0.251 e. The minimum Gasteiger partial charge on any atom is -0.439 e. The zero-order valence-electron chi connectivity index (χ0n) is 15.7. The molecule has 1 aliphatic rings. The standard InChI is InChI=1S/C22H20FN3O3/c23-17-6-1-4-15(10-17)20-12-21(26-14-25-20)29-18-7-2-5-16(11-18)22(27)24-13-19-8-3-9-28-19/h1-2,4-7,10-12,14,19H,3,8-9,13H2,(H,24,27)/t19-/m0/s1. The van der Waals surface area contributed by atoms with Crippen LogP contribution in [0.15, 0.2) is 60.9 Å². The summed E-state index contributed by atoms with van der Waals surface area (Å²) in [4.78, 5) is 20.7. The van der Waals surface area contributed by atoms with E-state index in [-0.39, 0.29) is 17.8 Å². The van der Waals surface area contributed by atoms with E-state index in [1.807, 2.05) is 0 Å². The first kappa shape index (κ1) is 19.0. The summed E-state index contributed by atoms with van der Waals surface area (Å²) in [7, 11) is 0. The number of benzene rings is 2. The van der Waals surface area contributed by atoms with Crippen molar-refractivity contribution in [3.63, 3.8) is 0 Å². The predicted molar refractivity (Wildman–Crippen MR) is 105 cm³/mol. The van der Waals surface area contributed by atoms with Crippen LogP contribution >= 0.6 is 0 Å². The molecular formula is C22H20FN3O3. The summed E-state index contributed by atoms with van der Waals surface area (Å²) in [6.07, 6.45) is 3.43. The summed E-state index contributed by atoms with van der Waals surface area (Å²) >= 11 is 0. The third-order valence-corrected chi connectivity index (χ3v) is 4.60. The first-order valence-electron chi connectivity index (χ1n) is 9.43. The number of amides is 1. The van der Waals surface area contributed by atoms with Crippen LogP contribution in [0.4, 0.5) is 4.39 Å². The number of hydrogen-bond acceptors (Lipinski definition) is 5. The Morgan fingerprint density at radius 3 is 2.90 bits per heavy atom. The third kappa shape index (κ3) is 4.94. The van der Waals surface area contributed by atoms with Gasteiger partial charge < -0.3 is 14.8 Å². The molecule has 0 spiro atoms. The van der Waals surface area contributed by atoms with Crippen molar-refractivity contribution >= 4 is 5.91 Å². The number of aromatic nitrogens is 2. The lowest BCUT2D eigenvalue weighted by molar-refractivity contribution is 0.0857. The molecule has 148 valence electrons. The Morgan fingerprint density at radius 1 is 1.17 bits per heavy atom. The van der Waals surface area contributed by atoms with Gasteiger partial charge in [0.1, 0.15) is 17.9 Å². The summed E-state index contributed by atoms with van der Waals surface area (Å²) in [5.74, 6) is 0.245. The Hall–Kier alpha value is -3.32. The number of halogens is 1. The van der Waals surface area contributed by atoms with E-state index in [1.54, 1.807) is 42.5 Å². The highest BCUT2D eigenvalue weighted by Gasteiger charge is 2.17. The Labute approximate surface area is 167 Å². The molecule has 1 aromatic heterocycles. The van der Waals surface area contributed by atoms with Gasteiger partial charge in [-0.2, -0.15) is 0 Å². The normalized spacial score (nSPS) is 15.8. The number of ether oxygens (including phenoxy) is 2. The summed E-state index contributed by atoms with van der Waals surface area (Å²) < 4.78 is 24.8. The summed E-state index contributed by atoms with van der Waals surface area (Å²) in [6, 6.07) is 14.6. The molecule has 0 aliphatic carbocycles. The minimum atomic E-state index is -0.342. The molecule has 1 aliphatic heterocycles. The SMILES string of the molecule is O=C(NC[C@@H]1CCCO1)c1cccc(Oc2cc(-c3cccc(F)c3)ncn2)c1. The molecule has 1 amide bonds. The van der Waals surface area contributed by atoms with Gasteiger partial charge in [-0.05, 0) is 43.2 Å². The number of carbonyl (C=O) groups is 1. The molecule has 1 fully saturated rings. The molecule has 0 unspecified atom stereocenters. The molecule has 0 radical (unpaired) electrons. The highest BCUT2D eigenvalue weighted by atomic mass is 19.1. The zero-order chi connectivity index (χ0) is 20.1. The summed E-state index contributed by atoms with van der Waals surface area (Å²) in [5, 5.41) is 2.89. The van der Waals surface area contributed by atoms with Gasteiger partial charge in [-0.25, -0.2) is 14.4 Å². The van der Waals surface area contributed by atoms with Crippen molar-refractivity contribution in [3.8, 4) is 22.9 Å². The maximum absolute atomic E-state index is 13.5. The van der Waals surface area contributed by atoms with Crippen LogP contribution in [0.1, 0.15) is 23.2 Å². The topological polar surface area (TPSA) is 73.3 Å². The Bertz CT molecular complexity index is 1010. The molecule has 1 atom stereocenters. The van der Waals surface area contributed by atoms with E-state index in [2.05, 4.69) is 15.3 Å². The second kappa shape index (κ2) is 8.79. The summed E-state index contributed by atoms with van der Waals surface area (Å²) in [5.41, 5.74) is 1.65. The van der Waals surface area contributed by atoms with Crippen molar-refractivity contribution in [3.05, 3.63) is 72.3 Å². The first-order chi connectivity index (χ1) is 14.2. The van der Waals surface area contributed by atoms with Gasteiger partial charge in [0.2, 0.25) is 5.88 Å². The molecule has 2 heterocycles. The van der Waals surface area contributed by atoms with Gasteiger partial charge in [-0.1, -0.05) is 18.2 Å². The van der Waals surface area contributed by atoms with Gasteiger partial charge in [-0.15, -0.1) is 0 Å². The minimum absolute atomic E-state index is 0.0839. The van der Waals surface area contributed by atoms with E-state index in [4.69, 9.17) is 9.47 Å². The van der Waals surface area contributed by atoms with Gasteiger partial charge in [-0.3, -0.25) is 4.79 Å². The molecule has 1 saturated heterocycles. The number of carbonyl (C=O) groups excluding carboxylic acids is 1. The number of hydrogen-bond donors (Lipinski definition) is 1. The number of rotatable bonds is 6. The first-order valence-corrected chi connectivity index (χ1v) is 9.43. The molecule has 29 heavy (non-hydrogen) atoms. The predicted octanol–water partition coefficient (Wildman–Crippen LogP) is 3.98. The molecule has 6 nitrogen and oxygen atoms in total. The number of nitrogens with one attached hydrogen (secondary N) is 1. The fraction of sp³-hybridized carbons (Fsp3) is 0.227. The Balaban J connectivity index is 1.45. The maximum atomic E-state index is 13.5. The van der Waals surface area contributed by atoms with Crippen LogP contribution in [-0.4, -0.2) is 35.1 Å². The molecular weight excluding hydrogens is 373 g/mol. The highest BCUT2D eigenvalue weighted by Crippen LogP contribution is 2.25. The van der Waals surface area contributed by atoms with Crippen LogP contribution in [0.2, 0.25) is 0 Å². The van der Waals surface area contributed by atoms with E-state index in [1.165, 1.54) is 18.5 Å². The van der Waals surface area contributed by atoms with Gasteiger partial charge in [0.15, 0.2) is 0 Å². The van der Waals surface area contributed by atoms with Crippen LogP contribution in [0.3, 0.4) is 0 Å². The summed E-state index contributed by atoms with van der Waals surface area (Å²) in [6.45, 7) is 1.24. The third-order valence-electron chi connectivity index (χ3n) is 4.60. The van der Waals surface area contributed by atoms with Crippen LogP contribution < -0.4 is 10.1 Å². The second-order valence-electron chi connectivity index (χ2n) is 6.73. The van der Waals surface area contributed by atoms with E-state index < -0.39 is 0 Å². The van der Waals surface area contributed by atoms with E-state index in [0.717, 1.165) is 19.4 Å². The van der Waals surface area contributed by atoms with Gasteiger partial charge in [0.05, 0.1) is 11.8 Å². The van der Waals surface area contributed by atoms with Crippen molar-refractivity contribution < 1.29 is 18.7 Å². The van der Waals surface area contributed by atoms with Crippen molar-refractivity contribution in [1.82, 2.24) is 15.3 Å². The molecule has 0 bridgehead atoms. The van der Waals surface area contributed by atoms with Crippen LogP contribution in [0.25, 0.3) is 11.3 Å². The quantitative estimate of drug-likeness (QED) is 0.686. The van der Waals surface area contributed by atoms with E-state index in [0.29, 0.717) is 35.0 Å². The van der Waals surface area contributed by atoms with Crippen LogP contribution in [0.5, 0.6) is 11.6 Å². The van der Waals surface area contributed by atoms with Crippen molar-refractivity contribution in [2.24, 2.45) is 0 Å². The van der Waals surface area contributed by atoms with Gasteiger partial charge in [0, 0.05) is 30.3 Å². The van der Waals surface area contributed by atoms with Crippen molar-refractivity contribution in [1.29, 1.82) is 0 Å². The van der Waals surface area contributed by atoms with Crippen molar-refractivity contribution in [2.75, 3.05) is 13.2 Å². The highest BCUT2D eigenvalue weighted by molar-refractivity contribution is 5.94. The molecule has 2 aromatic carbocycles. The molecule has 1 N–H and O–H groups in total. The van der Waals surface area contributed by atoms with Crippen LogP contribution in [-0.2, 0) is 4.74 Å². The molecule has 0 saturated carbocycles. The average Bonchev–Trinajstić information content (AvgIpc) is 3.26.